The van der Waals surface area contributed by atoms with Crippen LogP contribution in [0.1, 0.15) is 113 Å². The summed E-state index contributed by atoms with van der Waals surface area (Å²) in [6, 6.07) is 3.33. The molecule has 0 bridgehead atoms. The Morgan fingerprint density at radius 2 is 1.64 bits per heavy atom. The van der Waals surface area contributed by atoms with Crippen LogP contribution in [0.25, 0.3) is 0 Å². The van der Waals surface area contributed by atoms with Crippen LogP contribution < -0.4 is 0 Å². The van der Waals surface area contributed by atoms with Crippen molar-refractivity contribution < 1.29 is 22.8 Å². The molecule has 1 rings (SSSR count). The molecule has 272 valence electrons. The van der Waals surface area contributed by atoms with Gasteiger partial charge in [-0.25, -0.2) is 0 Å². The first kappa shape index (κ1) is 44.2. The highest BCUT2D eigenvalue weighted by Crippen LogP contribution is 2.45. The number of methoxy groups -OCH3 is 1. The second-order valence-corrected chi connectivity index (χ2v) is 30.7. The zero-order valence-electron chi connectivity index (χ0n) is 32.8. The first-order valence-electron chi connectivity index (χ1n) is 18.4. The van der Waals surface area contributed by atoms with Gasteiger partial charge in [0.1, 0.15) is 0 Å². The first-order chi connectivity index (χ1) is 21.7. The maximum Gasteiger partial charge on any atom is 0.305 e. The third-order valence-electron chi connectivity index (χ3n) is 10.2. The highest BCUT2D eigenvalue weighted by atomic mass is 35.5. The lowest BCUT2D eigenvalue weighted by atomic mass is 9.92. The van der Waals surface area contributed by atoms with Gasteiger partial charge in [-0.15, -0.1) is 11.6 Å². The van der Waals surface area contributed by atoms with Gasteiger partial charge < -0.3 is 18.0 Å². The average Bonchev–Trinajstić information content (AvgIpc) is 3.27. The number of rotatable bonds is 20. The van der Waals surface area contributed by atoms with Crippen molar-refractivity contribution in [2.75, 3.05) is 7.11 Å². The monoisotopic (exact) mass is 726 g/mol. The van der Waals surface area contributed by atoms with Gasteiger partial charge in [0, 0.05) is 25.2 Å². The molecule has 1 aliphatic carbocycles. The van der Waals surface area contributed by atoms with Gasteiger partial charge in [-0.3, -0.25) is 4.79 Å². The molecule has 0 saturated heterocycles. The van der Waals surface area contributed by atoms with E-state index in [4.69, 9.17) is 29.6 Å². The molecular weight excluding hydrogens is 656 g/mol. The normalized spacial score (nSPS) is 19.8. The number of carbonyl (C=O) groups excluding carboxylic acids is 1. The topological polar surface area (TPSA) is 54.0 Å². The van der Waals surface area contributed by atoms with E-state index in [2.05, 4.69) is 112 Å². The number of hydrogen-bond donors (Lipinski definition) is 0. The van der Waals surface area contributed by atoms with Gasteiger partial charge in [0.25, 0.3) is 0 Å². The fourth-order valence-corrected chi connectivity index (χ4v) is 12.0. The van der Waals surface area contributed by atoms with E-state index < -0.39 is 25.0 Å². The molecule has 9 heteroatoms. The Balaban J connectivity index is 3.61. The lowest BCUT2D eigenvalue weighted by Crippen LogP contribution is -2.42. The summed E-state index contributed by atoms with van der Waals surface area (Å²) in [5.41, 5.74) is 1.07. The number of carbonyl (C=O) groups is 1. The van der Waals surface area contributed by atoms with Crippen molar-refractivity contribution in [1.82, 2.24) is 0 Å². The number of halogens is 1. The Kier molecular flexibility index (Phi) is 18.4. The quantitative estimate of drug-likeness (QED) is 0.0411. The van der Waals surface area contributed by atoms with Crippen LogP contribution in [0.5, 0.6) is 0 Å². The maximum absolute atomic E-state index is 11.6. The van der Waals surface area contributed by atoms with E-state index in [-0.39, 0.29) is 34.0 Å². The predicted octanol–water partition coefficient (Wildman–Crippen LogP) is 11.8. The molecule has 0 aromatic rings. The molecule has 0 N–H and O–H groups in total. The molecule has 1 aliphatic rings. The maximum atomic E-state index is 11.6. The summed E-state index contributed by atoms with van der Waals surface area (Å²) in [4.78, 5) is 11.6. The zero-order chi connectivity index (χ0) is 36.1. The van der Waals surface area contributed by atoms with Crippen LogP contribution in [0, 0.1) is 17.8 Å². The van der Waals surface area contributed by atoms with Gasteiger partial charge in [0.2, 0.25) is 8.32 Å². The minimum atomic E-state index is -2.11. The smallest absolute Gasteiger partial charge is 0.305 e. The predicted molar refractivity (Wildman–Crippen MR) is 210 cm³/mol. The second-order valence-electron chi connectivity index (χ2n) is 16.3. The van der Waals surface area contributed by atoms with E-state index in [0.29, 0.717) is 25.7 Å². The van der Waals surface area contributed by atoms with Crippen molar-refractivity contribution >= 4 is 42.5 Å². The molecule has 0 heterocycles. The van der Waals surface area contributed by atoms with Crippen LogP contribution in [0.3, 0.4) is 0 Å². The van der Waals surface area contributed by atoms with Gasteiger partial charge in [-0.05, 0) is 94.1 Å². The van der Waals surface area contributed by atoms with Gasteiger partial charge in [-0.2, -0.15) is 0 Å². The zero-order valence-corrected chi connectivity index (χ0v) is 36.5. The fourth-order valence-electron chi connectivity index (χ4n) is 6.12. The number of unbranched alkanes of at least 4 members (excludes halogenated alkanes) is 1. The van der Waals surface area contributed by atoms with Crippen molar-refractivity contribution in [3.63, 3.8) is 0 Å². The first-order valence-corrected chi connectivity index (χ1v) is 27.6. The molecule has 0 amide bonds. The molecule has 0 saturated carbocycles. The number of esters is 1. The highest BCUT2D eigenvalue weighted by Gasteiger charge is 2.45. The molecule has 4 atom stereocenters. The van der Waals surface area contributed by atoms with Gasteiger partial charge >= 0.3 is 5.97 Å². The highest BCUT2D eigenvalue weighted by molar-refractivity contribution is 6.74. The van der Waals surface area contributed by atoms with Crippen LogP contribution in [-0.4, -0.2) is 55.1 Å². The SMILES string of the molecule is CCCCC(C)(C/C=C/C1C(CC#CC(Cl)CCCC(=O)OC)=C(O[Si](C)(C)C(C)(C)C)CC1O[Si](CC)(CC)CC)O[Si](C)(C)C. The summed E-state index contributed by atoms with van der Waals surface area (Å²) in [5.74, 6) is 7.68. The van der Waals surface area contributed by atoms with Gasteiger partial charge in [0.05, 0.1) is 30.0 Å². The largest absolute Gasteiger partial charge is 0.546 e. The van der Waals surface area contributed by atoms with Crippen molar-refractivity contribution in [1.29, 1.82) is 0 Å². The molecule has 0 aliphatic heterocycles. The summed E-state index contributed by atoms with van der Waals surface area (Å²) < 4.78 is 26.0. The molecular formula is C38H71ClO5Si3. The molecule has 0 aromatic heterocycles. The number of hydrogen-bond acceptors (Lipinski definition) is 5. The van der Waals surface area contributed by atoms with Crippen LogP contribution in [0.2, 0.25) is 55.9 Å². The van der Waals surface area contributed by atoms with E-state index in [9.17, 15) is 4.79 Å². The number of ether oxygens (including phenoxy) is 1. The minimum absolute atomic E-state index is 0.0426. The van der Waals surface area contributed by atoms with E-state index >= 15 is 0 Å². The van der Waals surface area contributed by atoms with E-state index in [1.165, 1.54) is 12.7 Å². The van der Waals surface area contributed by atoms with Gasteiger partial charge in [0.15, 0.2) is 16.6 Å². The Hall–Kier alpha value is -0.829. The average molecular weight is 728 g/mol. The minimum Gasteiger partial charge on any atom is -0.546 e. The lowest BCUT2D eigenvalue weighted by molar-refractivity contribution is -0.140. The second kappa shape index (κ2) is 19.5. The Morgan fingerprint density at radius 3 is 2.15 bits per heavy atom. The summed E-state index contributed by atoms with van der Waals surface area (Å²) in [6.45, 7) is 29.9. The van der Waals surface area contributed by atoms with Crippen LogP contribution >= 0.6 is 11.6 Å². The van der Waals surface area contributed by atoms with Crippen molar-refractivity contribution in [2.24, 2.45) is 5.92 Å². The van der Waals surface area contributed by atoms with Crippen LogP contribution in [-0.2, 0) is 22.8 Å². The van der Waals surface area contributed by atoms with Crippen molar-refractivity contribution in [3.05, 3.63) is 23.5 Å². The summed E-state index contributed by atoms with van der Waals surface area (Å²) in [5, 5.41) is -0.239. The van der Waals surface area contributed by atoms with Crippen LogP contribution in [0.4, 0.5) is 0 Å². The summed E-state index contributed by atoms with van der Waals surface area (Å²) in [6.07, 6.45) is 12.1. The van der Waals surface area contributed by atoms with Gasteiger partial charge in [-0.1, -0.05) is 85.3 Å². The van der Waals surface area contributed by atoms with E-state index in [0.717, 1.165) is 56.0 Å². The third-order valence-corrected chi connectivity index (χ3v) is 20.6. The standard InChI is InChI=1S/C38H71ClO5Si3/c1-15-19-28-38(8,44-45(10,11)12)29-22-26-33-32(25-20-23-31(39)24-21-27-36(40)41-9)34(42-46(13,14)37(5,6)7)30-35(33)43-47(16-2,17-3)18-4/h22,26,31,33,35H,15-19,21,24-25,27-30H2,1-14H3/b26-22+. The molecule has 0 spiro atoms. The lowest BCUT2D eigenvalue weighted by Gasteiger charge is -2.37. The Bertz CT molecular complexity index is 1080. The summed E-state index contributed by atoms with van der Waals surface area (Å²) >= 11 is 6.62. The molecule has 5 nitrogen and oxygen atoms in total. The van der Waals surface area contributed by atoms with Crippen molar-refractivity contribution in [2.45, 2.75) is 186 Å². The molecule has 47 heavy (non-hydrogen) atoms. The van der Waals surface area contributed by atoms with E-state index in [1.807, 2.05) is 0 Å². The fraction of sp³-hybridized carbons (Fsp3) is 0.816. The molecule has 0 aromatic carbocycles. The third kappa shape index (κ3) is 14.9. The Labute approximate surface area is 298 Å². The molecule has 4 unspecified atom stereocenters. The van der Waals surface area contributed by atoms with Crippen LogP contribution in [0.15, 0.2) is 23.5 Å². The summed E-state index contributed by atoms with van der Waals surface area (Å²) in [7, 11) is -4.33. The molecule has 0 fully saturated rings. The van der Waals surface area contributed by atoms with E-state index in [1.54, 1.807) is 0 Å². The Morgan fingerprint density at radius 1 is 1.02 bits per heavy atom. The number of alkyl halides is 1. The molecule has 0 radical (unpaired) electrons. The van der Waals surface area contributed by atoms with Crippen molar-refractivity contribution in [3.8, 4) is 11.8 Å².